The Morgan fingerprint density at radius 1 is 0.432 bits per heavy atom. The van der Waals surface area contributed by atoms with Gasteiger partial charge in [0.2, 0.25) is 0 Å². The summed E-state index contributed by atoms with van der Waals surface area (Å²) >= 11 is 0. The van der Waals surface area contributed by atoms with E-state index in [4.69, 9.17) is 0 Å². The van der Waals surface area contributed by atoms with Crippen LogP contribution in [0, 0.1) is 0 Å². The third kappa shape index (κ3) is 14.7. The van der Waals surface area contributed by atoms with Crippen LogP contribution in [0.2, 0.25) is 0 Å². The van der Waals surface area contributed by atoms with Gasteiger partial charge in [-0.05, 0) is 0 Å². The van der Waals surface area contributed by atoms with Crippen LogP contribution in [0.25, 0.3) is 0 Å². The lowest BCUT2D eigenvalue weighted by Gasteiger charge is -2.40. The van der Waals surface area contributed by atoms with Crippen LogP contribution in [0.4, 0.5) is 0 Å². The minimum Gasteiger partial charge on any atom is -0.395 e. The molecule has 0 aromatic rings. The van der Waals surface area contributed by atoms with Crippen LogP contribution in [0.15, 0.2) is 0 Å². The molecule has 6 atom stereocenters. The monoisotopic (exact) mass is 628 g/mol. The molecule has 0 radical (unpaired) electrons. The Balaban J connectivity index is -0.00000136. The second-order valence-electron chi connectivity index (χ2n) is 8.36. The number of aliphatic hydroxyl groups excluding tert-OH is 9. The van der Waals surface area contributed by atoms with Gasteiger partial charge in [0.1, 0.15) is 0 Å². The SMILES string of the molecule is Cl.Cl.Cl.Cl.OCC(O)C(CO)N1CCNCCN(C(CO)C(O)CO)CCN(C(CO)C(O)CO)CC1. The molecule has 1 heterocycles. The summed E-state index contributed by atoms with van der Waals surface area (Å²) in [6, 6.07) is -2.19. The van der Waals surface area contributed by atoms with E-state index < -0.39 is 62.9 Å². The Morgan fingerprint density at radius 3 is 0.892 bits per heavy atom. The fourth-order valence-corrected chi connectivity index (χ4v) is 4.22. The fraction of sp³-hybridized carbons (Fsp3) is 1.00. The highest BCUT2D eigenvalue weighted by Crippen LogP contribution is 2.12. The van der Waals surface area contributed by atoms with E-state index in [1.807, 2.05) is 9.80 Å². The van der Waals surface area contributed by atoms with E-state index in [9.17, 15) is 46.0 Å². The van der Waals surface area contributed by atoms with Gasteiger partial charge in [-0.25, -0.2) is 0 Å². The second kappa shape index (κ2) is 25.6. The highest BCUT2D eigenvalue weighted by molar-refractivity contribution is 5.86. The maximum Gasteiger partial charge on any atom is 0.0947 e. The van der Waals surface area contributed by atoms with E-state index in [1.165, 1.54) is 0 Å². The van der Waals surface area contributed by atoms with Crippen molar-refractivity contribution >= 4 is 49.6 Å². The number of rotatable bonds is 12. The van der Waals surface area contributed by atoms with Crippen molar-refractivity contribution in [2.24, 2.45) is 0 Å². The van der Waals surface area contributed by atoms with Crippen molar-refractivity contribution in [2.45, 2.75) is 36.4 Å². The molecule has 0 spiro atoms. The molecule has 1 fully saturated rings. The van der Waals surface area contributed by atoms with Crippen molar-refractivity contribution in [3.05, 3.63) is 0 Å². The topological polar surface area (TPSA) is 204 Å². The molecular weight excluding hydrogens is 582 g/mol. The number of nitrogens with zero attached hydrogens (tertiary/aromatic N) is 3. The normalized spacial score (nSPS) is 21.6. The number of halogens is 4. The molecule has 0 bridgehead atoms. The lowest BCUT2D eigenvalue weighted by molar-refractivity contribution is -0.0443. The minimum atomic E-state index is -1.21. The maximum absolute atomic E-state index is 10.2. The molecule has 0 aromatic carbocycles. The second-order valence-corrected chi connectivity index (χ2v) is 8.36. The van der Waals surface area contributed by atoms with Crippen LogP contribution in [0.5, 0.6) is 0 Å². The van der Waals surface area contributed by atoms with Gasteiger partial charge in [-0.15, -0.1) is 49.6 Å². The molecule has 230 valence electrons. The Morgan fingerprint density at radius 2 is 0.676 bits per heavy atom. The van der Waals surface area contributed by atoms with Crippen molar-refractivity contribution in [2.75, 3.05) is 92.0 Å². The van der Waals surface area contributed by atoms with Gasteiger partial charge in [0, 0.05) is 52.4 Å². The Labute approximate surface area is 243 Å². The first-order valence-corrected chi connectivity index (χ1v) is 11.5. The van der Waals surface area contributed by atoms with Crippen LogP contribution < -0.4 is 5.32 Å². The first kappa shape index (κ1) is 44.7. The van der Waals surface area contributed by atoms with Gasteiger partial charge < -0.3 is 51.3 Å². The van der Waals surface area contributed by atoms with E-state index in [2.05, 4.69) is 5.32 Å². The van der Waals surface area contributed by atoms with Gasteiger partial charge in [-0.3, -0.25) is 14.7 Å². The van der Waals surface area contributed by atoms with E-state index in [0.29, 0.717) is 52.4 Å². The molecule has 1 aliphatic rings. The molecule has 13 nitrogen and oxygen atoms in total. The molecule has 6 unspecified atom stereocenters. The zero-order valence-corrected chi connectivity index (χ0v) is 24.1. The molecule has 1 saturated heterocycles. The van der Waals surface area contributed by atoms with E-state index in [0.717, 1.165) is 0 Å². The molecule has 0 saturated carbocycles. The molecule has 1 rings (SSSR count). The van der Waals surface area contributed by atoms with Gasteiger partial charge in [0.15, 0.2) is 0 Å². The van der Waals surface area contributed by atoms with Crippen molar-refractivity contribution in [1.82, 2.24) is 20.0 Å². The predicted octanol–water partition coefficient (Wildman–Crippen LogP) is -4.67. The largest absolute Gasteiger partial charge is 0.395 e. The third-order valence-corrected chi connectivity index (χ3v) is 6.36. The average molecular weight is 630 g/mol. The quantitative estimate of drug-likeness (QED) is 0.0987. The standard InChI is InChI=1S/C20H44N4O9.4ClH/c25-9-15(18(31)12-28)22-3-1-21-2-4-23(16(10-26)19(32)13-29)6-8-24(7-5-22)17(11-27)20(33)14-30;;;;/h15-21,25-33H,1-14H2;4*1H. The molecule has 0 aliphatic carbocycles. The van der Waals surface area contributed by atoms with E-state index in [-0.39, 0.29) is 62.8 Å². The van der Waals surface area contributed by atoms with Crippen LogP contribution in [0.3, 0.4) is 0 Å². The lowest BCUT2D eigenvalue weighted by atomic mass is 10.1. The van der Waals surface area contributed by atoms with Gasteiger partial charge in [-0.2, -0.15) is 0 Å². The maximum atomic E-state index is 10.2. The summed E-state index contributed by atoms with van der Waals surface area (Å²) in [5, 5.41) is 91.3. The molecule has 17 heteroatoms. The average Bonchev–Trinajstić information content (AvgIpc) is 2.83. The summed E-state index contributed by atoms with van der Waals surface area (Å²) < 4.78 is 0. The molecule has 37 heavy (non-hydrogen) atoms. The molecule has 0 amide bonds. The molecule has 0 aromatic heterocycles. The van der Waals surface area contributed by atoms with Crippen LogP contribution >= 0.6 is 49.6 Å². The lowest BCUT2D eigenvalue weighted by Crippen LogP contribution is -2.58. The Bertz CT molecular complexity index is 483. The van der Waals surface area contributed by atoms with Gasteiger partial charge in [-0.1, -0.05) is 0 Å². The first-order chi connectivity index (χ1) is 15.9. The number of aliphatic hydroxyl groups is 9. The summed E-state index contributed by atoms with van der Waals surface area (Å²) in [7, 11) is 0. The molecular formula is C20H48Cl4N4O9. The molecule has 1 aliphatic heterocycles. The van der Waals surface area contributed by atoms with Crippen molar-refractivity contribution in [3.63, 3.8) is 0 Å². The highest BCUT2D eigenvalue weighted by Gasteiger charge is 2.31. The number of hydrogen-bond acceptors (Lipinski definition) is 13. The van der Waals surface area contributed by atoms with Crippen molar-refractivity contribution < 1.29 is 46.0 Å². The van der Waals surface area contributed by atoms with Crippen LogP contribution in [-0.4, -0.2) is 189 Å². The Kier molecular flexibility index (Phi) is 30.9. The van der Waals surface area contributed by atoms with E-state index >= 15 is 0 Å². The zero-order chi connectivity index (χ0) is 24.8. The fourth-order valence-electron chi connectivity index (χ4n) is 4.22. The zero-order valence-electron chi connectivity index (χ0n) is 20.9. The van der Waals surface area contributed by atoms with Gasteiger partial charge >= 0.3 is 0 Å². The number of nitrogens with one attached hydrogen (secondary N) is 1. The summed E-state index contributed by atoms with van der Waals surface area (Å²) in [5.74, 6) is 0. The van der Waals surface area contributed by atoms with E-state index in [1.54, 1.807) is 4.90 Å². The van der Waals surface area contributed by atoms with Crippen LogP contribution in [0.1, 0.15) is 0 Å². The Hall–Kier alpha value is 0.640. The summed E-state index contributed by atoms with van der Waals surface area (Å²) in [5.41, 5.74) is 0. The van der Waals surface area contributed by atoms with Gasteiger partial charge in [0.05, 0.1) is 76.1 Å². The first-order valence-electron chi connectivity index (χ1n) is 11.5. The van der Waals surface area contributed by atoms with Gasteiger partial charge in [0.25, 0.3) is 0 Å². The smallest absolute Gasteiger partial charge is 0.0947 e. The van der Waals surface area contributed by atoms with Crippen molar-refractivity contribution in [3.8, 4) is 0 Å². The highest BCUT2D eigenvalue weighted by atomic mass is 35.5. The molecule has 10 N–H and O–H groups in total. The summed E-state index contributed by atoms with van der Waals surface area (Å²) in [6.45, 7) is 0.421. The number of hydrogen-bond donors (Lipinski definition) is 10. The predicted molar refractivity (Wildman–Crippen MR) is 148 cm³/mol. The summed E-state index contributed by atoms with van der Waals surface area (Å²) in [4.78, 5) is 5.42. The van der Waals surface area contributed by atoms with Crippen molar-refractivity contribution in [1.29, 1.82) is 0 Å². The summed E-state index contributed by atoms with van der Waals surface area (Å²) in [6.07, 6.45) is -3.50. The van der Waals surface area contributed by atoms with Crippen LogP contribution in [-0.2, 0) is 0 Å². The third-order valence-electron chi connectivity index (χ3n) is 6.36. The minimum absolute atomic E-state index is 0.